The number of rotatable bonds is 31. The highest BCUT2D eigenvalue weighted by molar-refractivity contribution is 6.03. The Morgan fingerprint density at radius 2 is 0.958 bits per heavy atom. The van der Waals surface area contributed by atoms with Gasteiger partial charge >= 0.3 is 5.97 Å². The SMILES string of the molecule is CC[C@](C)(NC(=O)[C@H](CC(C)C)NC(=O)CNC(=O)C(C)(C)NC(=O)C(C)(C)NC(=O)C(C)(C)NC(=O)C(C)(C)NC(=O)[C@H](Cc1ccccc1)NC(C)=O)C(=O)NC(C)(C)C(=O)N1C[C@H](O)C[C@H]1C(=O)NC(C)(C)C(=O)N1CCC[C@H]1C(=O)N[C@@H](Cc1ccccc1)C(=O)O. The van der Waals surface area contributed by atoms with Crippen LogP contribution < -0.4 is 58.5 Å². The van der Waals surface area contributed by atoms with Crippen molar-refractivity contribution in [1.82, 2.24) is 68.3 Å². The molecule has 4 rings (SSSR count). The number of benzene rings is 2. The third-order valence-corrected chi connectivity index (χ3v) is 16.8. The Bertz CT molecular complexity index is 3240. The Balaban J connectivity index is 1.34. The van der Waals surface area contributed by atoms with Crippen molar-refractivity contribution < 1.29 is 77.3 Å². The van der Waals surface area contributed by atoms with E-state index in [9.17, 15) is 77.3 Å². The van der Waals surface area contributed by atoms with Gasteiger partial charge in [0.2, 0.25) is 76.8 Å². The highest BCUT2D eigenvalue weighted by Gasteiger charge is 2.50. The molecule has 0 unspecified atom stereocenters. The molecule has 0 aromatic heterocycles. The molecule has 7 atom stereocenters. The molecular weight excluding hydrogens is 1240 g/mol. The number of likely N-dealkylation sites (tertiary alicyclic amines) is 2. The number of carboxylic acid groups (broad SMARTS) is 1. The lowest BCUT2D eigenvalue weighted by Gasteiger charge is -2.38. The van der Waals surface area contributed by atoms with Gasteiger partial charge in [-0.05, 0) is 133 Å². The molecule has 13 amide bonds. The third kappa shape index (κ3) is 21.8. The Labute approximate surface area is 561 Å². The number of β-amino-alcohol motifs (C(OH)–C–C–N with tert-alkyl or cyclic N) is 1. The van der Waals surface area contributed by atoms with Crippen LogP contribution in [-0.4, -0.2) is 197 Å². The van der Waals surface area contributed by atoms with E-state index in [0.29, 0.717) is 12.0 Å². The second-order valence-corrected chi connectivity index (χ2v) is 28.7. The molecule has 2 aromatic carbocycles. The van der Waals surface area contributed by atoms with Gasteiger partial charge in [-0.2, -0.15) is 0 Å². The summed E-state index contributed by atoms with van der Waals surface area (Å²) in [6, 6.07) is 11.7. The number of aliphatic hydroxyl groups excluding tert-OH is 1. The van der Waals surface area contributed by atoms with Gasteiger partial charge in [0.15, 0.2) is 0 Å². The lowest BCUT2D eigenvalue weighted by atomic mass is 9.93. The average Bonchev–Trinajstić information content (AvgIpc) is 1.52. The van der Waals surface area contributed by atoms with Crippen LogP contribution in [0.15, 0.2) is 60.7 Å². The predicted molar refractivity (Wildman–Crippen MR) is 353 cm³/mol. The summed E-state index contributed by atoms with van der Waals surface area (Å²) < 4.78 is 0. The molecular formula is C67H101N13O16. The number of hydrogen-bond donors (Lipinski definition) is 13. The Kier molecular flexibility index (Phi) is 26.6. The largest absolute Gasteiger partial charge is 0.480 e. The average molecular weight is 1340 g/mol. The summed E-state index contributed by atoms with van der Waals surface area (Å²) in [5, 5.41) is 49.4. The minimum atomic E-state index is -1.79. The lowest BCUT2D eigenvalue weighted by Crippen LogP contribution is -2.68. The van der Waals surface area contributed by atoms with E-state index >= 15 is 0 Å². The summed E-state index contributed by atoms with van der Waals surface area (Å²) in [5.41, 5.74) is -10.5. The van der Waals surface area contributed by atoms with E-state index in [1.165, 1.54) is 102 Å². The number of aliphatic hydroxyl groups is 1. The molecule has 2 aliphatic rings. The molecule has 2 heterocycles. The smallest absolute Gasteiger partial charge is 0.326 e. The summed E-state index contributed by atoms with van der Waals surface area (Å²) in [6.45, 7) is 23.5. The second-order valence-electron chi connectivity index (χ2n) is 28.7. The molecule has 2 saturated heterocycles. The van der Waals surface area contributed by atoms with Crippen molar-refractivity contribution in [3.05, 3.63) is 71.8 Å². The summed E-state index contributed by atoms with van der Waals surface area (Å²) in [7, 11) is 0. The first kappa shape index (κ1) is 79.4. The number of nitrogens with zero attached hydrogens (tertiary/aromatic N) is 2. The van der Waals surface area contributed by atoms with Gasteiger partial charge < -0.3 is 78.5 Å². The van der Waals surface area contributed by atoms with Gasteiger partial charge in [0, 0.05) is 39.3 Å². The van der Waals surface area contributed by atoms with Crippen molar-refractivity contribution in [3.8, 4) is 0 Å². The first-order valence-electron chi connectivity index (χ1n) is 32.2. The van der Waals surface area contributed by atoms with E-state index in [1.807, 2.05) is 0 Å². The molecule has 0 saturated carbocycles. The molecule has 0 radical (unpaired) electrons. The number of carbonyl (C=O) groups excluding carboxylic acids is 13. The molecule has 29 heteroatoms. The van der Waals surface area contributed by atoms with E-state index in [0.717, 1.165) is 10.5 Å². The molecule has 13 N–H and O–H groups in total. The van der Waals surface area contributed by atoms with Crippen LogP contribution in [0.1, 0.15) is 161 Å². The summed E-state index contributed by atoms with van der Waals surface area (Å²) >= 11 is 0. The minimum Gasteiger partial charge on any atom is -0.480 e. The fourth-order valence-corrected chi connectivity index (χ4v) is 10.8. The van der Waals surface area contributed by atoms with Crippen LogP contribution in [0.4, 0.5) is 0 Å². The number of aliphatic carboxylic acids is 1. The molecule has 2 aromatic rings. The minimum absolute atomic E-state index is 0.00102. The van der Waals surface area contributed by atoms with Crippen LogP contribution in [0, 0.1) is 5.92 Å². The molecule has 2 aliphatic heterocycles. The van der Waals surface area contributed by atoms with Gasteiger partial charge in [0.05, 0.1) is 12.6 Å². The number of nitrogens with one attached hydrogen (secondary N) is 11. The van der Waals surface area contributed by atoms with Crippen LogP contribution >= 0.6 is 0 Å². The second kappa shape index (κ2) is 32.1. The van der Waals surface area contributed by atoms with Gasteiger partial charge in [0.25, 0.3) is 0 Å². The van der Waals surface area contributed by atoms with Gasteiger partial charge in [0.1, 0.15) is 69.0 Å². The maximum atomic E-state index is 14.4. The Morgan fingerprint density at radius 1 is 0.510 bits per heavy atom. The fourth-order valence-electron chi connectivity index (χ4n) is 10.8. The van der Waals surface area contributed by atoms with Crippen molar-refractivity contribution in [2.24, 2.45) is 5.92 Å². The van der Waals surface area contributed by atoms with Crippen LogP contribution in [0.25, 0.3) is 0 Å². The molecule has 0 bridgehead atoms. The van der Waals surface area contributed by atoms with Gasteiger partial charge in [-0.3, -0.25) is 62.3 Å². The zero-order chi connectivity index (χ0) is 72.9. The van der Waals surface area contributed by atoms with Crippen molar-refractivity contribution in [1.29, 1.82) is 0 Å². The van der Waals surface area contributed by atoms with E-state index in [1.54, 1.807) is 81.4 Å². The number of hydrogen-bond acceptors (Lipinski definition) is 15. The highest BCUT2D eigenvalue weighted by atomic mass is 16.4. The fraction of sp³-hybridized carbons (Fsp3) is 0.612. The maximum absolute atomic E-state index is 14.4. The topological polar surface area (TPSA) is 418 Å². The summed E-state index contributed by atoms with van der Waals surface area (Å²) in [5.74, 6) is -11.2. The molecule has 96 heavy (non-hydrogen) atoms. The zero-order valence-corrected chi connectivity index (χ0v) is 58.4. The van der Waals surface area contributed by atoms with E-state index < -0.39 is 164 Å². The monoisotopic (exact) mass is 1340 g/mol. The molecule has 0 aliphatic carbocycles. The van der Waals surface area contributed by atoms with Crippen LogP contribution in [0.2, 0.25) is 0 Å². The Hall–Kier alpha value is -9.02. The molecule has 2 fully saturated rings. The van der Waals surface area contributed by atoms with Crippen LogP contribution in [0.3, 0.4) is 0 Å². The van der Waals surface area contributed by atoms with E-state index in [4.69, 9.17) is 0 Å². The number of amides is 13. The third-order valence-electron chi connectivity index (χ3n) is 16.8. The van der Waals surface area contributed by atoms with Crippen molar-refractivity contribution in [2.75, 3.05) is 19.6 Å². The van der Waals surface area contributed by atoms with Gasteiger partial charge in [-0.15, -0.1) is 0 Å². The predicted octanol–water partition coefficient (Wildman–Crippen LogP) is -0.201. The molecule has 0 spiro atoms. The quantitative estimate of drug-likeness (QED) is 0.0465. The maximum Gasteiger partial charge on any atom is 0.326 e. The lowest BCUT2D eigenvalue weighted by molar-refractivity contribution is -0.149. The van der Waals surface area contributed by atoms with E-state index in [2.05, 4.69) is 58.5 Å². The summed E-state index contributed by atoms with van der Waals surface area (Å²) in [6.07, 6.45) is -0.625. The highest BCUT2D eigenvalue weighted by Crippen LogP contribution is 2.27. The summed E-state index contributed by atoms with van der Waals surface area (Å²) in [4.78, 5) is 193. The Morgan fingerprint density at radius 3 is 1.44 bits per heavy atom. The van der Waals surface area contributed by atoms with Crippen molar-refractivity contribution in [2.45, 2.75) is 238 Å². The number of carbonyl (C=O) groups is 14. The zero-order valence-electron chi connectivity index (χ0n) is 58.4. The number of carboxylic acids is 1. The molecule has 29 nitrogen and oxygen atoms in total. The first-order chi connectivity index (χ1) is 44.2. The van der Waals surface area contributed by atoms with Crippen molar-refractivity contribution in [3.63, 3.8) is 0 Å². The first-order valence-corrected chi connectivity index (χ1v) is 32.2. The van der Waals surface area contributed by atoms with Crippen molar-refractivity contribution >= 4 is 82.8 Å². The van der Waals surface area contributed by atoms with Gasteiger partial charge in [-0.25, -0.2) is 4.79 Å². The van der Waals surface area contributed by atoms with Crippen LogP contribution in [-0.2, 0) is 80.0 Å². The van der Waals surface area contributed by atoms with Crippen LogP contribution in [0.5, 0.6) is 0 Å². The molecule has 530 valence electrons. The van der Waals surface area contributed by atoms with E-state index in [-0.39, 0.29) is 57.5 Å². The van der Waals surface area contributed by atoms with Gasteiger partial charge in [-0.1, -0.05) is 81.4 Å². The standard InChI is InChI=1S/C67H101N13O16/c1-18-67(17,58(94)78-66(15,16)60(96)80-37-42(82)35-47(80)52(87)73-65(13,14)59(95)79-31-25-30-46(79)51(86)71-45(53(88)89)34-41-28-23-20-24-29-41)74-50(85)43(32-38(2)3)70-48(83)36-68-54(90)61(5,6)75-56(92)63(9,10)77-57(93)64(11,12)76-55(91)62(7,8)72-49(84)44(69-39(4)81)33-40-26-21-19-22-27-40/h19-24,26-29,38,42-47,82H,18,25,30-37H2,1-17H3,(H,68,90)(H,69,81)(H,70,83)(H,71,86)(H,72,84)(H,73,87)(H,74,85)(H,75,92)(H,76,91)(H,77,93)(H,78,94)(H,88,89)/t42-,43+,44+,45+,46+,47+,67+/m1/s1. The normalized spacial score (nSPS) is 17.6.